The number of rotatable bonds is 4. The molecule has 0 aromatic heterocycles. The fourth-order valence-corrected chi connectivity index (χ4v) is 4.02. The van der Waals surface area contributed by atoms with E-state index in [-0.39, 0.29) is 6.42 Å². The van der Waals surface area contributed by atoms with E-state index in [2.05, 4.69) is 6.08 Å². The van der Waals surface area contributed by atoms with Crippen LogP contribution in [0.3, 0.4) is 0 Å². The van der Waals surface area contributed by atoms with Gasteiger partial charge in [0.1, 0.15) is 0 Å². The van der Waals surface area contributed by atoms with Crippen LogP contribution in [0.5, 0.6) is 0 Å². The second-order valence-electron chi connectivity index (χ2n) is 7.18. The predicted octanol–water partition coefficient (Wildman–Crippen LogP) is 6.52. The average molecular weight is 302 g/mol. The Morgan fingerprint density at radius 3 is 2.05 bits per heavy atom. The summed E-state index contributed by atoms with van der Waals surface area (Å²) in [6.45, 7) is 1.27. The predicted molar refractivity (Wildman–Crippen MR) is 81.0 cm³/mol. The zero-order valence-electron chi connectivity index (χ0n) is 13.2. The van der Waals surface area contributed by atoms with Crippen molar-refractivity contribution in [2.75, 3.05) is 0 Å². The molecule has 2 rings (SSSR count). The molecular weight excluding hydrogens is 273 g/mol. The number of hydrogen-bond donors (Lipinski definition) is 0. The third-order valence-corrected chi connectivity index (χ3v) is 5.59. The molecule has 0 N–H and O–H groups in total. The first-order chi connectivity index (χ1) is 9.97. The second kappa shape index (κ2) is 7.69. The summed E-state index contributed by atoms with van der Waals surface area (Å²) in [6, 6.07) is 0. The molecule has 0 amide bonds. The third kappa shape index (κ3) is 5.34. The van der Waals surface area contributed by atoms with E-state index in [1.54, 1.807) is 6.08 Å². The van der Waals surface area contributed by atoms with Crippen LogP contribution in [-0.2, 0) is 0 Å². The Bertz CT molecular complexity index is 318. The molecule has 3 heteroatoms. The van der Waals surface area contributed by atoms with Crippen LogP contribution in [0.1, 0.15) is 71.1 Å². The van der Waals surface area contributed by atoms with Gasteiger partial charge in [-0.1, -0.05) is 51.2 Å². The molecule has 0 spiro atoms. The van der Waals surface area contributed by atoms with E-state index in [9.17, 15) is 13.2 Å². The average Bonchev–Trinajstić information content (AvgIpc) is 2.48. The van der Waals surface area contributed by atoms with Crippen LogP contribution in [0.2, 0.25) is 0 Å². The lowest BCUT2D eigenvalue weighted by Gasteiger charge is -2.35. The van der Waals surface area contributed by atoms with Gasteiger partial charge in [0.05, 0.1) is 5.92 Å². The lowest BCUT2D eigenvalue weighted by atomic mass is 9.71. The standard InChI is InChI=1S/C18H29F3/c1-14(18(19,20)21)6-5-7-15-10-12-17(13-11-15)16-8-3-2-4-9-16/h5,7,14-17H,2-4,6,8-13H2,1H3. The molecule has 0 aromatic rings. The number of alkyl halides is 3. The molecule has 21 heavy (non-hydrogen) atoms. The number of allylic oxidation sites excluding steroid dienone is 2. The Morgan fingerprint density at radius 1 is 0.905 bits per heavy atom. The van der Waals surface area contributed by atoms with Gasteiger partial charge in [0.25, 0.3) is 0 Å². The van der Waals surface area contributed by atoms with Crippen molar-refractivity contribution in [1.82, 2.24) is 0 Å². The van der Waals surface area contributed by atoms with Crippen molar-refractivity contribution in [2.45, 2.75) is 77.3 Å². The minimum Gasteiger partial charge on any atom is -0.171 e. The van der Waals surface area contributed by atoms with Crippen molar-refractivity contribution in [1.29, 1.82) is 0 Å². The van der Waals surface area contributed by atoms with Crippen molar-refractivity contribution >= 4 is 0 Å². The van der Waals surface area contributed by atoms with Gasteiger partial charge in [0, 0.05) is 0 Å². The van der Waals surface area contributed by atoms with Gasteiger partial charge in [-0.2, -0.15) is 13.2 Å². The molecule has 0 aromatic carbocycles. The summed E-state index contributed by atoms with van der Waals surface area (Å²) in [5, 5.41) is 0. The first kappa shape index (κ1) is 16.9. The SMILES string of the molecule is CC(CC=CC1CCC(C2CCCCC2)CC1)C(F)(F)F. The van der Waals surface area contributed by atoms with Gasteiger partial charge < -0.3 is 0 Å². The van der Waals surface area contributed by atoms with Crippen LogP contribution in [0.15, 0.2) is 12.2 Å². The van der Waals surface area contributed by atoms with E-state index in [1.807, 2.05) is 0 Å². The van der Waals surface area contributed by atoms with E-state index in [4.69, 9.17) is 0 Å². The highest BCUT2D eigenvalue weighted by atomic mass is 19.4. The van der Waals surface area contributed by atoms with Crippen molar-refractivity contribution in [3.8, 4) is 0 Å². The fraction of sp³-hybridized carbons (Fsp3) is 0.889. The summed E-state index contributed by atoms with van der Waals surface area (Å²) >= 11 is 0. The molecule has 1 unspecified atom stereocenters. The van der Waals surface area contributed by atoms with Crippen LogP contribution < -0.4 is 0 Å². The first-order valence-electron chi connectivity index (χ1n) is 8.70. The Kier molecular flexibility index (Phi) is 6.19. The molecule has 0 radical (unpaired) electrons. The van der Waals surface area contributed by atoms with Crippen LogP contribution in [0, 0.1) is 23.7 Å². The van der Waals surface area contributed by atoms with Gasteiger partial charge in [0.15, 0.2) is 0 Å². The largest absolute Gasteiger partial charge is 0.391 e. The summed E-state index contributed by atoms with van der Waals surface area (Å²) < 4.78 is 37.3. The Hall–Kier alpha value is -0.470. The minimum atomic E-state index is -4.05. The quantitative estimate of drug-likeness (QED) is 0.519. The highest BCUT2D eigenvalue weighted by Crippen LogP contribution is 2.40. The second-order valence-corrected chi connectivity index (χ2v) is 7.18. The molecule has 2 saturated carbocycles. The molecule has 0 heterocycles. The topological polar surface area (TPSA) is 0 Å². The van der Waals surface area contributed by atoms with Gasteiger partial charge in [-0.3, -0.25) is 0 Å². The smallest absolute Gasteiger partial charge is 0.171 e. The zero-order chi connectivity index (χ0) is 15.3. The lowest BCUT2D eigenvalue weighted by molar-refractivity contribution is -0.168. The molecule has 2 fully saturated rings. The molecule has 2 aliphatic carbocycles. The molecular formula is C18H29F3. The maximum Gasteiger partial charge on any atom is 0.391 e. The van der Waals surface area contributed by atoms with Gasteiger partial charge in [0.2, 0.25) is 0 Å². The molecule has 0 nitrogen and oxygen atoms in total. The summed E-state index contributed by atoms with van der Waals surface area (Å²) in [5.41, 5.74) is 0. The minimum absolute atomic E-state index is 0.131. The van der Waals surface area contributed by atoms with Gasteiger partial charge in [-0.15, -0.1) is 0 Å². The molecule has 2 aliphatic rings. The molecule has 0 aliphatic heterocycles. The van der Waals surface area contributed by atoms with Crippen molar-refractivity contribution in [3.05, 3.63) is 12.2 Å². The highest BCUT2D eigenvalue weighted by Gasteiger charge is 2.34. The zero-order valence-corrected chi connectivity index (χ0v) is 13.2. The number of halogens is 3. The van der Waals surface area contributed by atoms with Gasteiger partial charge >= 0.3 is 6.18 Å². The highest BCUT2D eigenvalue weighted by molar-refractivity contribution is 4.93. The lowest BCUT2D eigenvalue weighted by Crippen LogP contribution is -2.23. The van der Waals surface area contributed by atoms with Crippen LogP contribution >= 0.6 is 0 Å². The van der Waals surface area contributed by atoms with Crippen molar-refractivity contribution < 1.29 is 13.2 Å². The summed E-state index contributed by atoms with van der Waals surface area (Å²) in [6.07, 6.45) is 11.9. The first-order valence-corrected chi connectivity index (χ1v) is 8.70. The van der Waals surface area contributed by atoms with Crippen molar-refractivity contribution in [3.63, 3.8) is 0 Å². The van der Waals surface area contributed by atoms with Gasteiger partial charge in [-0.25, -0.2) is 0 Å². The van der Waals surface area contributed by atoms with E-state index in [1.165, 1.54) is 64.7 Å². The summed E-state index contributed by atoms with van der Waals surface area (Å²) in [4.78, 5) is 0. The molecule has 1 atom stereocenters. The maximum absolute atomic E-state index is 12.4. The molecule has 122 valence electrons. The summed E-state index contributed by atoms with van der Waals surface area (Å²) in [7, 11) is 0. The van der Waals surface area contributed by atoms with Crippen LogP contribution in [0.25, 0.3) is 0 Å². The van der Waals surface area contributed by atoms with E-state index in [0.717, 1.165) is 11.8 Å². The normalized spacial score (nSPS) is 30.7. The van der Waals surface area contributed by atoms with Gasteiger partial charge in [-0.05, 0) is 49.9 Å². The monoisotopic (exact) mass is 302 g/mol. The number of hydrogen-bond acceptors (Lipinski definition) is 0. The molecule has 0 bridgehead atoms. The Labute approximate surface area is 127 Å². The maximum atomic E-state index is 12.4. The van der Waals surface area contributed by atoms with E-state index < -0.39 is 12.1 Å². The Morgan fingerprint density at radius 2 is 1.48 bits per heavy atom. The van der Waals surface area contributed by atoms with Crippen LogP contribution in [-0.4, -0.2) is 6.18 Å². The molecule has 0 saturated heterocycles. The summed E-state index contributed by atoms with van der Waals surface area (Å²) in [5.74, 6) is 1.13. The van der Waals surface area contributed by atoms with Crippen LogP contribution in [0.4, 0.5) is 13.2 Å². The van der Waals surface area contributed by atoms with E-state index in [0.29, 0.717) is 5.92 Å². The van der Waals surface area contributed by atoms with E-state index >= 15 is 0 Å². The fourth-order valence-electron chi connectivity index (χ4n) is 4.02. The Balaban J connectivity index is 1.69. The third-order valence-electron chi connectivity index (χ3n) is 5.59. The van der Waals surface area contributed by atoms with Crippen molar-refractivity contribution in [2.24, 2.45) is 23.7 Å².